The summed E-state index contributed by atoms with van der Waals surface area (Å²) >= 11 is 0. The van der Waals surface area contributed by atoms with Crippen molar-refractivity contribution in [1.29, 1.82) is 0 Å². The summed E-state index contributed by atoms with van der Waals surface area (Å²) in [5, 5.41) is 5.05. The van der Waals surface area contributed by atoms with Gasteiger partial charge in [0.2, 0.25) is 0 Å². The number of hydrogen-bond acceptors (Lipinski definition) is 4. The lowest BCUT2D eigenvalue weighted by Crippen LogP contribution is -2.32. The smallest absolute Gasteiger partial charge is 0.282 e. The topological polar surface area (TPSA) is 58.6 Å². The Kier molecular flexibility index (Phi) is 5.61. The number of methoxy groups -OCH3 is 1. The molecule has 0 spiro atoms. The molecule has 4 aromatic rings. The summed E-state index contributed by atoms with van der Waals surface area (Å²) in [5.41, 5.74) is 5.63. The van der Waals surface area contributed by atoms with E-state index in [1.54, 1.807) is 7.11 Å². The van der Waals surface area contributed by atoms with E-state index in [-0.39, 0.29) is 11.6 Å². The van der Waals surface area contributed by atoms with Gasteiger partial charge in [-0.05, 0) is 66.6 Å². The normalized spacial score (nSPS) is 13.7. The SMILES string of the molecule is COc1ccc(C)cc1NC1=C(c2ccc(C)c(C)c2)C(=O)N(c2cccc3ccccc23)C1=O. The fraction of sp³-hybridized carbons (Fsp3) is 0.133. The minimum Gasteiger partial charge on any atom is -0.495 e. The van der Waals surface area contributed by atoms with Crippen LogP contribution in [0, 0.1) is 20.8 Å². The molecule has 5 nitrogen and oxygen atoms in total. The predicted molar refractivity (Wildman–Crippen MR) is 141 cm³/mol. The van der Waals surface area contributed by atoms with E-state index in [1.807, 2.05) is 99.6 Å². The monoisotopic (exact) mass is 462 g/mol. The maximum absolute atomic E-state index is 14.0. The predicted octanol–water partition coefficient (Wildman–Crippen LogP) is 6.17. The van der Waals surface area contributed by atoms with Crippen LogP contribution < -0.4 is 15.0 Å². The molecular weight excluding hydrogens is 436 g/mol. The van der Waals surface area contributed by atoms with Crippen LogP contribution in [0.15, 0.2) is 84.6 Å². The van der Waals surface area contributed by atoms with Gasteiger partial charge in [-0.1, -0.05) is 60.7 Å². The molecule has 0 unspecified atom stereocenters. The standard InChI is InChI=1S/C30H26N2O3/c1-18-12-15-26(35-4)24(16-18)31-28-27(22-14-13-19(2)20(3)17-22)29(33)32(30(28)34)25-11-7-9-21-8-5-6-10-23(21)25/h5-17,31H,1-4H3. The van der Waals surface area contributed by atoms with Crippen LogP contribution >= 0.6 is 0 Å². The van der Waals surface area contributed by atoms with Gasteiger partial charge < -0.3 is 10.1 Å². The van der Waals surface area contributed by atoms with Gasteiger partial charge in [0.25, 0.3) is 11.8 Å². The van der Waals surface area contributed by atoms with Gasteiger partial charge >= 0.3 is 0 Å². The summed E-state index contributed by atoms with van der Waals surface area (Å²) in [6.07, 6.45) is 0. The number of aryl methyl sites for hydroxylation is 3. The largest absolute Gasteiger partial charge is 0.495 e. The summed E-state index contributed by atoms with van der Waals surface area (Å²) in [5.74, 6) is -0.168. The number of imide groups is 1. The zero-order valence-electron chi connectivity index (χ0n) is 20.2. The van der Waals surface area contributed by atoms with E-state index in [4.69, 9.17) is 4.74 Å². The van der Waals surface area contributed by atoms with Gasteiger partial charge in [-0.25, -0.2) is 4.90 Å². The molecule has 1 N–H and O–H groups in total. The fourth-order valence-electron chi connectivity index (χ4n) is 4.49. The lowest BCUT2D eigenvalue weighted by Gasteiger charge is -2.18. The Labute approximate surface area is 204 Å². The van der Waals surface area contributed by atoms with E-state index < -0.39 is 5.91 Å². The number of nitrogens with zero attached hydrogens (tertiary/aromatic N) is 1. The molecule has 4 aromatic carbocycles. The number of ether oxygens (including phenoxy) is 1. The molecule has 0 aromatic heterocycles. The minimum atomic E-state index is -0.400. The molecule has 35 heavy (non-hydrogen) atoms. The zero-order chi connectivity index (χ0) is 24.7. The van der Waals surface area contributed by atoms with E-state index in [0.717, 1.165) is 27.5 Å². The molecule has 0 bridgehead atoms. The van der Waals surface area contributed by atoms with E-state index >= 15 is 0 Å². The van der Waals surface area contributed by atoms with E-state index in [2.05, 4.69) is 5.32 Å². The summed E-state index contributed by atoms with van der Waals surface area (Å²) in [6.45, 7) is 5.99. The van der Waals surface area contributed by atoms with Gasteiger partial charge in [0.05, 0.1) is 24.1 Å². The number of amides is 2. The van der Waals surface area contributed by atoms with Crippen LogP contribution in [0.1, 0.15) is 22.3 Å². The van der Waals surface area contributed by atoms with Crippen molar-refractivity contribution >= 4 is 39.5 Å². The molecule has 174 valence electrons. The average molecular weight is 463 g/mol. The average Bonchev–Trinajstić information content (AvgIpc) is 3.09. The third-order valence-corrected chi connectivity index (χ3v) is 6.50. The Morgan fingerprint density at radius 3 is 2.31 bits per heavy atom. The van der Waals surface area contributed by atoms with Gasteiger partial charge in [0.1, 0.15) is 11.4 Å². The van der Waals surface area contributed by atoms with Crippen molar-refractivity contribution in [3.8, 4) is 5.75 Å². The number of carbonyl (C=O) groups excluding carboxylic acids is 2. The van der Waals surface area contributed by atoms with Crippen molar-refractivity contribution in [3.05, 3.63) is 107 Å². The van der Waals surface area contributed by atoms with Crippen molar-refractivity contribution in [2.75, 3.05) is 17.3 Å². The third-order valence-electron chi connectivity index (χ3n) is 6.50. The van der Waals surface area contributed by atoms with Gasteiger partial charge in [0, 0.05) is 5.39 Å². The molecule has 5 rings (SSSR count). The number of nitrogens with one attached hydrogen (secondary N) is 1. The molecule has 0 fully saturated rings. The molecule has 0 atom stereocenters. The van der Waals surface area contributed by atoms with Crippen LogP contribution in [0.25, 0.3) is 16.3 Å². The molecule has 1 heterocycles. The van der Waals surface area contributed by atoms with Gasteiger partial charge in [-0.3, -0.25) is 9.59 Å². The maximum Gasteiger partial charge on any atom is 0.282 e. The fourth-order valence-corrected chi connectivity index (χ4v) is 4.49. The summed E-state index contributed by atoms with van der Waals surface area (Å²) < 4.78 is 5.52. The maximum atomic E-state index is 14.0. The Morgan fingerprint density at radius 2 is 1.54 bits per heavy atom. The second-order valence-electron chi connectivity index (χ2n) is 8.82. The number of anilines is 2. The highest BCUT2D eigenvalue weighted by Gasteiger charge is 2.41. The lowest BCUT2D eigenvalue weighted by atomic mass is 9.99. The summed E-state index contributed by atoms with van der Waals surface area (Å²) in [4.78, 5) is 29.2. The molecule has 0 saturated carbocycles. The third kappa shape index (κ3) is 3.85. The van der Waals surface area contributed by atoms with Crippen molar-refractivity contribution < 1.29 is 14.3 Å². The van der Waals surface area contributed by atoms with Gasteiger partial charge in [0.15, 0.2) is 0 Å². The first-order chi connectivity index (χ1) is 16.9. The second-order valence-corrected chi connectivity index (χ2v) is 8.82. The van der Waals surface area contributed by atoms with Crippen molar-refractivity contribution in [3.63, 3.8) is 0 Å². The lowest BCUT2D eigenvalue weighted by molar-refractivity contribution is -0.120. The van der Waals surface area contributed by atoms with Crippen molar-refractivity contribution in [2.24, 2.45) is 0 Å². The van der Waals surface area contributed by atoms with E-state index in [1.165, 1.54) is 4.90 Å². The molecule has 1 aliphatic heterocycles. The highest BCUT2D eigenvalue weighted by molar-refractivity contribution is 6.47. The molecule has 0 aliphatic carbocycles. The van der Waals surface area contributed by atoms with Crippen molar-refractivity contribution in [1.82, 2.24) is 0 Å². The quantitative estimate of drug-likeness (QED) is 0.360. The van der Waals surface area contributed by atoms with Crippen LogP contribution in [0.4, 0.5) is 11.4 Å². The van der Waals surface area contributed by atoms with E-state index in [0.29, 0.717) is 28.3 Å². The number of fused-ring (bicyclic) bond motifs is 1. The number of hydrogen-bond donors (Lipinski definition) is 1. The second kappa shape index (κ2) is 8.76. The Bertz CT molecular complexity index is 1530. The first-order valence-electron chi connectivity index (χ1n) is 11.5. The van der Waals surface area contributed by atoms with Crippen LogP contribution in [0.3, 0.4) is 0 Å². The molecular formula is C30H26N2O3. The molecule has 0 radical (unpaired) electrons. The van der Waals surface area contributed by atoms with Crippen LogP contribution in [0.5, 0.6) is 5.75 Å². The van der Waals surface area contributed by atoms with Crippen molar-refractivity contribution in [2.45, 2.75) is 20.8 Å². The van der Waals surface area contributed by atoms with Gasteiger partial charge in [-0.15, -0.1) is 0 Å². The Morgan fingerprint density at radius 1 is 0.771 bits per heavy atom. The number of carbonyl (C=O) groups is 2. The van der Waals surface area contributed by atoms with E-state index in [9.17, 15) is 9.59 Å². The van der Waals surface area contributed by atoms with Crippen LogP contribution in [-0.4, -0.2) is 18.9 Å². The molecule has 0 saturated heterocycles. The Balaban J connectivity index is 1.70. The van der Waals surface area contributed by atoms with Crippen LogP contribution in [0.2, 0.25) is 0 Å². The summed E-state index contributed by atoms with van der Waals surface area (Å²) in [6, 6.07) is 24.9. The minimum absolute atomic E-state index is 0.232. The first-order valence-corrected chi connectivity index (χ1v) is 11.5. The first kappa shape index (κ1) is 22.4. The number of benzene rings is 4. The molecule has 1 aliphatic rings. The Hall–Kier alpha value is -4.38. The molecule has 5 heteroatoms. The number of rotatable bonds is 5. The highest BCUT2D eigenvalue weighted by atomic mass is 16.5. The highest BCUT2D eigenvalue weighted by Crippen LogP contribution is 2.38. The van der Waals surface area contributed by atoms with Gasteiger partial charge in [-0.2, -0.15) is 0 Å². The zero-order valence-corrected chi connectivity index (χ0v) is 20.2. The van der Waals surface area contributed by atoms with Crippen LogP contribution in [-0.2, 0) is 9.59 Å². The summed E-state index contributed by atoms with van der Waals surface area (Å²) in [7, 11) is 1.58. The molecule has 2 amide bonds.